The zero-order valence-corrected chi connectivity index (χ0v) is 15.8. The number of amides is 1. The number of carbonyl (C=O) groups is 1. The lowest BCUT2D eigenvalue weighted by atomic mass is 10.2. The monoisotopic (exact) mass is 408 g/mol. The van der Waals surface area contributed by atoms with Crippen LogP contribution >= 0.6 is 27.5 Å². The van der Waals surface area contributed by atoms with Crippen molar-refractivity contribution >= 4 is 39.7 Å². The van der Waals surface area contributed by atoms with E-state index in [0.717, 1.165) is 15.8 Å². The lowest BCUT2D eigenvalue weighted by molar-refractivity contribution is 0.0955. The Bertz CT molecular complexity index is 748. The van der Waals surface area contributed by atoms with Gasteiger partial charge in [0.2, 0.25) is 0 Å². The maximum Gasteiger partial charge on any atom is 0.271 e. The summed E-state index contributed by atoms with van der Waals surface area (Å²) in [6, 6.07) is 12.3. The highest BCUT2D eigenvalue weighted by Gasteiger charge is 2.05. The van der Waals surface area contributed by atoms with Crippen LogP contribution in [-0.2, 0) is 0 Å². The van der Waals surface area contributed by atoms with Crippen molar-refractivity contribution < 1.29 is 9.53 Å². The van der Waals surface area contributed by atoms with Crippen LogP contribution in [-0.4, -0.2) is 18.7 Å². The number of benzene rings is 2. The highest BCUT2D eigenvalue weighted by atomic mass is 79.9. The van der Waals surface area contributed by atoms with Crippen molar-refractivity contribution in [1.82, 2.24) is 5.43 Å². The van der Waals surface area contributed by atoms with Gasteiger partial charge < -0.3 is 4.74 Å². The number of rotatable bonds is 6. The molecule has 0 saturated carbocycles. The van der Waals surface area contributed by atoms with E-state index in [4.69, 9.17) is 16.3 Å². The van der Waals surface area contributed by atoms with Gasteiger partial charge in [-0.15, -0.1) is 0 Å². The minimum absolute atomic E-state index is 0.315. The molecular weight excluding hydrogens is 392 g/mol. The van der Waals surface area contributed by atoms with E-state index in [0.29, 0.717) is 23.1 Å². The van der Waals surface area contributed by atoms with Gasteiger partial charge in [0.25, 0.3) is 5.91 Å². The van der Waals surface area contributed by atoms with E-state index in [2.05, 4.69) is 40.3 Å². The van der Waals surface area contributed by atoms with E-state index in [1.807, 2.05) is 18.2 Å². The fourth-order valence-corrected chi connectivity index (χ4v) is 2.53. The average Bonchev–Trinajstić information content (AvgIpc) is 2.53. The Morgan fingerprint density at radius 1 is 1.33 bits per heavy atom. The van der Waals surface area contributed by atoms with Gasteiger partial charge in [-0.2, -0.15) is 5.10 Å². The molecule has 0 fully saturated rings. The van der Waals surface area contributed by atoms with Gasteiger partial charge in [-0.1, -0.05) is 31.5 Å². The lowest BCUT2D eigenvalue weighted by Crippen LogP contribution is -2.17. The van der Waals surface area contributed by atoms with Crippen molar-refractivity contribution in [2.45, 2.75) is 13.8 Å². The molecule has 0 aliphatic rings. The van der Waals surface area contributed by atoms with Gasteiger partial charge in [-0.25, -0.2) is 5.43 Å². The van der Waals surface area contributed by atoms with Gasteiger partial charge in [-0.3, -0.25) is 4.79 Å². The highest BCUT2D eigenvalue weighted by Crippen LogP contribution is 2.26. The van der Waals surface area contributed by atoms with Crippen molar-refractivity contribution in [3.05, 3.63) is 63.1 Å². The zero-order valence-electron chi connectivity index (χ0n) is 13.4. The van der Waals surface area contributed by atoms with E-state index < -0.39 is 0 Å². The third-order valence-electron chi connectivity index (χ3n) is 2.99. The SMILES string of the molecule is CC(C)COc1ccc(/C=N\NC(=O)c2cccc(Cl)c2)cc1Br. The quantitative estimate of drug-likeness (QED) is 0.545. The molecule has 1 N–H and O–H groups in total. The molecule has 2 aromatic rings. The molecule has 0 saturated heterocycles. The molecule has 24 heavy (non-hydrogen) atoms. The molecule has 0 aliphatic carbocycles. The Morgan fingerprint density at radius 2 is 2.12 bits per heavy atom. The topological polar surface area (TPSA) is 50.7 Å². The second-order valence-corrected chi connectivity index (χ2v) is 6.89. The van der Waals surface area contributed by atoms with Crippen molar-refractivity contribution in [3.63, 3.8) is 0 Å². The first-order valence-electron chi connectivity index (χ1n) is 7.47. The van der Waals surface area contributed by atoms with Gasteiger partial charge in [0.1, 0.15) is 5.75 Å². The Morgan fingerprint density at radius 3 is 2.79 bits per heavy atom. The molecule has 0 unspecified atom stereocenters. The first kappa shape index (κ1) is 18.5. The highest BCUT2D eigenvalue weighted by molar-refractivity contribution is 9.10. The van der Waals surface area contributed by atoms with Crippen LogP contribution < -0.4 is 10.2 Å². The van der Waals surface area contributed by atoms with Gasteiger partial charge in [0, 0.05) is 10.6 Å². The molecule has 0 aromatic heterocycles. The molecule has 0 heterocycles. The van der Waals surface area contributed by atoms with Crippen molar-refractivity contribution in [1.29, 1.82) is 0 Å². The summed E-state index contributed by atoms with van der Waals surface area (Å²) < 4.78 is 6.53. The second-order valence-electron chi connectivity index (χ2n) is 5.60. The standard InChI is InChI=1S/C18H18BrClN2O2/c1-12(2)11-24-17-7-6-13(8-16(17)19)10-21-22-18(23)14-4-3-5-15(20)9-14/h3-10,12H,11H2,1-2H3,(H,22,23)/b21-10-. The normalized spacial score (nSPS) is 11.0. The van der Waals surface area contributed by atoms with Crippen molar-refractivity contribution in [3.8, 4) is 5.75 Å². The third-order valence-corrected chi connectivity index (χ3v) is 3.85. The van der Waals surface area contributed by atoms with Gasteiger partial charge in [0.05, 0.1) is 17.3 Å². The molecule has 0 bridgehead atoms. The smallest absolute Gasteiger partial charge is 0.271 e. The summed E-state index contributed by atoms with van der Waals surface area (Å²) >= 11 is 9.33. The van der Waals surface area contributed by atoms with Crippen LogP contribution in [0.4, 0.5) is 0 Å². The van der Waals surface area contributed by atoms with Crippen LogP contribution in [0.3, 0.4) is 0 Å². The molecule has 2 rings (SSSR count). The predicted molar refractivity (Wildman–Crippen MR) is 101 cm³/mol. The van der Waals surface area contributed by atoms with Gasteiger partial charge in [-0.05, 0) is 63.8 Å². The Labute approximate surface area is 155 Å². The average molecular weight is 410 g/mol. The molecule has 1 amide bonds. The molecule has 4 nitrogen and oxygen atoms in total. The largest absolute Gasteiger partial charge is 0.492 e. The first-order valence-corrected chi connectivity index (χ1v) is 8.64. The summed E-state index contributed by atoms with van der Waals surface area (Å²) in [7, 11) is 0. The predicted octanol–water partition coefficient (Wildman–Crippen LogP) is 4.90. The van der Waals surface area contributed by atoms with Crippen molar-refractivity contribution in [2.24, 2.45) is 11.0 Å². The summed E-state index contributed by atoms with van der Waals surface area (Å²) in [5.41, 5.74) is 3.77. The first-order chi connectivity index (χ1) is 11.5. The van der Waals surface area contributed by atoms with Crippen LogP contribution in [0.25, 0.3) is 0 Å². The van der Waals surface area contributed by atoms with E-state index in [1.165, 1.54) is 0 Å². The van der Waals surface area contributed by atoms with Gasteiger partial charge >= 0.3 is 0 Å². The van der Waals surface area contributed by atoms with E-state index in [-0.39, 0.29) is 5.91 Å². The lowest BCUT2D eigenvalue weighted by Gasteiger charge is -2.10. The third kappa shape index (κ3) is 5.65. The van der Waals surface area contributed by atoms with Crippen molar-refractivity contribution in [2.75, 3.05) is 6.61 Å². The molecular formula is C18H18BrClN2O2. The summed E-state index contributed by atoms with van der Waals surface area (Å²) in [5, 5.41) is 4.47. The number of hydrogen-bond acceptors (Lipinski definition) is 3. The Kier molecular flexibility index (Phi) is 6.82. The number of hydrazone groups is 1. The van der Waals surface area contributed by atoms with Crippen LogP contribution in [0.2, 0.25) is 5.02 Å². The number of hydrogen-bond donors (Lipinski definition) is 1. The zero-order chi connectivity index (χ0) is 17.5. The fourth-order valence-electron chi connectivity index (χ4n) is 1.83. The summed E-state index contributed by atoms with van der Waals surface area (Å²) in [6.45, 7) is 4.84. The number of carbonyl (C=O) groups excluding carboxylic acids is 1. The molecule has 0 atom stereocenters. The second kappa shape index (κ2) is 8.85. The minimum Gasteiger partial charge on any atom is -0.492 e. The molecule has 0 aliphatic heterocycles. The van der Waals surface area contributed by atoms with Crippen LogP contribution in [0.1, 0.15) is 29.8 Å². The molecule has 6 heteroatoms. The summed E-state index contributed by atoms with van der Waals surface area (Å²) in [5.74, 6) is 0.924. The van der Waals surface area contributed by atoms with E-state index in [9.17, 15) is 4.79 Å². The van der Waals surface area contributed by atoms with Crippen LogP contribution in [0, 0.1) is 5.92 Å². The fraction of sp³-hybridized carbons (Fsp3) is 0.222. The molecule has 0 radical (unpaired) electrons. The minimum atomic E-state index is -0.315. The van der Waals surface area contributed by atoms with E-state index in [1.54, 1.807) is 30.5 Å². The summed E-state index contributed by atoms with van der Waals surface area (Å²) in [6.07, 6.45) is 1.57. The Hall–Kier alpha value is -1.85. The number of ether oxygens (including phenoxy) is 1. The molecule has 2 aromatic carbocycles. The van der Waals surface area contributed by atoms with E-state index >= 15 is 0 Å². The maximum absolute atomic E-state index is 11.9. The molecule has 126 valence electrons. The van der Waals surface area contributed by atoms with Gasteiger partial charge in [0.15, 0.2) is 0 Å². The van der Waals surface area contributed by atoms with Crippen LogP contribution in [0.5, 0.6) is 5.75 Å². The molecule has 0 spiro atoms. The maximum atomic E-state index is 11.9. The number of nitrogens with zero attached hydrogens (tertiary/aromatic N) is 1. The Balaban J connectivity index is 1.96. The summed E-state index contributed by atoms with van der Waals surface area (Å²) in [4.78, 5) is 11.9. The van der Waals surface area contributed by atoms with Crippen LogP contribution in [0.15, 0.2) is 52.0 Å². The number of halogens is 2. The number of nitrogens with one attached hydrogen (secondary N) is 1.